The molecule has 0 saturated carbocycles. The molecular weight excluding hydrogens is 496 g/mol. The van der Waals surface area contributed by atoms with Crippen LogP contribution >= 0.6 is 0 Å². The zero-order valence-corrected chi connectivity index (χ0v) is 22.9. The van der Waals surface area contributed by atoms with Gasteiger partial charge in [0.25, 0.3) is 11.7 Å². The lowest BCUT2D eigenvalue weighted by Crippen LogP contribution is -2.29. The monoisotopic (exact) mass is 528 g/mol. The van der Waals surface area contributed by atoms with Crippen molar-refractivity contribution < 1.29 is 29.0 Å². The Hall–Kier alpha value is -4.59. The Bertz CT molecular complexity index is 1460. The molecule has 0 aromatic heterocycles. The Labute approximate surface area is 227 Å². The van der Waals surface area contributed by atoms with Crippen LogP contribution in [0.2, 0.25) is 0 Å². The first-order chi connectivity index (χ1) is 18.6. The van der Waals surface area contributed by atoms with E-state index in [0.29, 0.717) is 39.6 Å². The minimum atomic E-state index is -0.897. The average molecular weight is 529 g/mol. The van der Waals surface area contributed by atoms with Gasteiger partial charge in [0, 0.05) is 23.9 Å². The number of anilines is 2. The number of aliphatic hydroxyl groups excluding tert-OH is 1. The molecule has 2 N–H and O–H groups in total. The van der Waals surface area contributed by atoms with Gasteiger partial charge in [-0.2, -0.15) is 0 Å². The second-order valence-corrected chi connectivity index (χ2v) is 9.73. The maximum Gasteiger partial charge on any atom is 0.300 e. The summed E-state index contributed by atoms with van der Waals surface area (Å²) in [7, 11) is 3.14. The second-order valence-electron chi connectivity index (χ2n) is 9.73. The molecule has 1 aliphatic rings. The number of nitrogens with one attached hydrogen (secondary N) is 1. The van der Waals surface area contributed by atoms with Gasteiger partial charge in [0.05, 0.1) is 25.8 Å². The summed E-state index contributed by atoms with van der Waals surface area (Å²) in [6, 6.07) is 16.4. The number of hydrogen-bond acceptors (Lipinski definition) is 6. The van der Waals surface area contributed by atoms with Crippen LogP contribution in [0.15, 0.2) is 66.2 Å². The number of benzene rings is 3. The van der Waals surface area contributed by atoms with E-state index in [1.54, 1.807) is 62.8 Å². The van der Waals surface area contributed by atoms with Crippen LogP contribution in [-0.2, 0) is 14.4 Å². The predicted octanol–water partition coefficient (Wildman–Crippen LogP) is 5.72. The van der Waals surface area contributed by atoms with E-state index in [4.69, 9.17) is 9.47 Å². The highest BCUT2D eigenvalue weighted by Crippen LogP contribution is 2.44. The molecule has 1 saturated heterocycles. The number of ether oxygens (including phenoxy) is 2. The topological polar surface area (TPSA) is 105 Å². The van der Waals surface area contributed by atoms with Crippen LogP contribution in [0.4, 0.5) is 11.4 Å². The number of aliphatic hydroxyl groups is 1. The second kappa shape index (κ2) is 11.0. The molecule has 3 aromatic carbocycles. The van der Waals surface area contributed by atoms with Crippen molar-refractivity contribution in [2.24, 2.45) is 0 Å². The zero-order valence-electron chi connectivity index (χ0n) is 22.9. The van der Waals surface area contributed by atoms with Gasteiger partial charge in [0.15, 0.2) is 0 Å². The van der Waals surface area contributed by atoms with E-state index in [1.165, 1.54) is 11.8 Å². The third kappa shape index (κ3) is 5.23. The molecule has 1 atom stereocenters. The molecule has 1 unspecified atom stereocenters. The van der Waals surface area contributed by atoms with Gasteiger partial charge in [-0.3, -0.25) is 19.3 Å². The number of amides is 2. The number of ketones is 1. The normalized spacial score (nSPS) is 16.5. The number of nitrogens with zero attached hydrogens (tertiary/aromatic N) is 1. The predicted molar refractivity (Wildman–Crippen MR) is 150 cm³/mol. The number of carbonyl (C=O) groups is 3. The maximum atomic E-state index is 13.6. The van der Waals surface area contributed by atoms with Gasteiger partial charge in [0.2, 0.25) is 5.91 Å². The SMILES string of the molecule is COc1ccc(C2/C(=C(\O)c3cc(C(C)C)c(OC)cc3C)C(=O)C(=O)N2c2ccc(NC(C)=O)cc2)cc1. The first-order valence-electron chi connectivity index (χ1n) is 12.6. The Morgan fingerprint density at radius 1 is 0.974 bits per heavy atom. The summed E-state index contributed by atoms with van der Waals surface area (Å²) in [6.07, 6.45) is 0. The molecule has 1 aliphatic heterocycles. The molecule has 1 heterocycles. The lowest BCUT2D eigenvalue weighted by molar-refractivity contribution is -0.132. The van der Waals surface area contributed by atoms with Crippen molar-refractivity contribution in [2.75, 3.05) is 24.4 Å². The Kier molecular flexibility index (Phi) is 7.76. The average Bonchev–Trinajstić information content (AvgIpc) is 3.18. The molecule has 2 amide bonds. The largest absolute Gasteiger partial charge is 0.507 e. The molecule has 8 heteroatoms. The van der Waals surface area contributed by atoms with Gasteiger partial charge in [0.1, 0.15) is 17.3 Å². The summed E-state index contributed by atoms with van der Waals surface area (Å²) >= 11 is 0. The number of Topliss-reactive ketones (excluding diaryl/α,β-unsaturated/α-hetero) is 1. The highest BCUT2D eigenvalue weighted by atomic mass is 16.5. The van der Waals surface area contributed by atoms with Crippen molar-refractivity contribution in [3.05, 3.63) is 88.5 Å². The molecule has 0 radical (unpaired) electrons. The molecule has 4 rings (SSSR count). The number of hydrogen-bond donors (Lipinski definition) is 2. The molecule has 0 spiro atoms. The number of carbonyl (C=O) groups excluding carboxylic acids is 3. The summed E-state index contributed by atoms with van der Waals surface area (Å²) < 4.78 is 10.8. The third-order valence-corrected chi connectivity index (χ3v) is 6.80. The van der Waals surface area contributed by atoms with Crippen LogP contribution in [0.5, 0.6) is 11.5 Å². The van der Waals surface area contributed by atoms with Gasteiger partial charge in [-0.1, -0.05) is 26.0 Å². The standard InChI is InChI=1S/C31H32N2O6/c1-17(2)24-16-25(18(3)15-26(24)39-6)29(35)27-28(20-7-13-23(38-5)14-8-20)33(31(37)30(27)36)22-11-9-21(10-12-22)32-19(4)34/h7-17,28,35H,1-6H3,(H,32,34)/b29-27+. The van der Waals surface area contributed by atoms with Crippen molar-refractivity contribution in [1.82, 2.24) is 0 Å². The van der Waals surface area contributed by atoms with E-state index in [2.05, 4.69) is 5.32 Å². The highest BCUT2D eigenvalue weighted by molar-refractivity contribution is 6.51. The molecule has 1 fully saturated rings. The molecule has 3 aromatic rings. The highest BCUT2D eigenvalue weighted by Gasteiger charge is 2.47. The number of aryl methyl sites for hydroxylation is 1. The van der Waals surface area contributed by atoms with Gasteiger partial charge in [-0.25, -0.2) is 0 Å². The molecular formula is C31H32N2O6. The first kappa shape index (κ1) is 27.4. The van der Waals surface area contributed by atoms with E-state index in [0.717, 1.165) is 5.56 Å². The summed E-state index contributed by atoms with van der Waals surface area (Å²) in [5.41, 5.74) is 3.63. The van der Waals surface area contributed by atoms with E-state index in [9.17, 15) is 19.5 Å². The summed E-state index contributed by atoms with van der Waals surface area (Å²) in [6.45, 7) is 7.25. The minimum Gasteiger partial charge on any atom is -0.507 e. The minimum absolute atomic E-state index is 0.0147. The molecule has 202 valence electrons. The molecule has 0 bridgehead atoms. The van der Waals surface area contributed by atoms with E-state index in [-0.39, 0.29) is 23.2 Å². The molecule has 8 nitrogen and oxygen atoms in total. The van der Waals surface area contributed by atoms with Gasteiger partial charge in [-0.15, -0.1) is 0 Å². The van der Waals surface area contributed by atoms with Gasteiger partial charge >= 0.3 is 0 Å². The van der Waals surface area contributed by atoms with Crippen LogP contribution < -0.4 is 19.7 Å². The fourth-order valence-electron chi connectivity index (χ4n) is 4.84. The third-order valence-electron chi connectivity index (χ3n) is 6.80. The van der Waals surface area contributed by atoms with Crippen LogP contribution in [0.1, 0.15) is 55.0 Å². The van der Waals surface area contributed by atoms with E-state index < -0.39 is 17.7 Å². The van der Waals surface area contributed by atoms with Gasteiger partial charge < -0.3 is 19.9 Å². The van der Waals surface area contributed by atoms with Gasteiger partial charge in [-0.05, 0) is 78.1 Å². The molecule has 0 aliphatic carbocycles. The maximum absolute atomic E-state index is 13.6. The number of rotatable bonds is 7. The fourth-order valence-corrected chi connectivity index (χ4v) is 4.84. The molecule has 39 heavy (non-hydrogen) atoms. The van der Waals surface area contributed by atoms with E-state index >= 15 is 0 Å². The van der Waals surface area contributed by atoms with Crippen molar-refractivity contribution >= 4 is 34.7 Å². The van der Waals surface area contributed by atoms with Crippen molar-refractivity contribution in [1.29, 1.82) is 0 Å². The van der Waals surface area contributed by atoms with Crippen molar-refractivity contribution in [3.8, 4) is 11.5 Å². The van der Waals surface area contributed by atoms with Crippen LogP contribution in [-0.4, -0.2) is 36.9 Å². The van der Waals surface area contributed by atoms with E-state index in [1.807, 2.05) is 32.9 Å². The van der Waals surface area contributed by atoms with Crippen LogP contribution in [0.25, 0.3) is 5.76 Å². The Morgan fingerprint density at radius 2 is 1.62 bits per heavy atom. The number of methoxy groups -OCH3 is 2. The Balaban J connectivity index is 1.93. The first-order valence-corrected chi connectivity index (χ1v) is 12.6. The summed E-state index contributed by atoms with van der Waals surface area (Å²) in [5, 5.41) is 14.4. The Morgan fingerprint density at radius 3 is 2.15 bits per heavy atom. The lowest BCUT2D eigenvalue weighted by atomic mass is 9.91. The van der Waals surface area contributed by atoms with Crippen LogP contribution in [0, 0.1) is 6.92 Å². The summed E-state index contributed by atoms with van der Waals surface area (Å²) in [5.74, 6) is -0.645. The lowest BCUT2D eigenvalue weighted by Gasteiger charge is -2.26. The smallest absolute Gasteiger partial charge is 0.300 e. The van der Waals surface area contributed by atoms with Crippen LogP contribution in [0.3, 0.4) is 0 Å². The zero-order chi connectivity index (χ0) is 28.4. The fraction of sp³-hybridized carbons (Fsp3) is 0.258. The van der Waals surface area contributed by atoms with Crippen molar-refractivity contribution in [2.45, 2.75) is 39.7 Å². The van der Waals surface area contributed by atoms with Crippen molar-refractivity contribution in [3.63, 3.8) is 0 Å². The quantitative estimate of drug-likeness (QED) is 0.231. The summed E-state index contributed by atoms with van der Waals surface area (Å²) in [4.78, 5) is 39.9.